The Morgan fingerprint density at radius 3 is 2.55 bits per heavy atom. The van der Waals surface area contributed by atoms with Crippen LogP contribution in [0, 0.1) is 6.92 Å². The maximum atomic E-state index is 12.2. The summed E-state index contributed by atoms with van der Waals surface area (Å²) < 4.78 is 11.7. The van der Waals surface area contributed by atoms with Crippen molar-refractivity contribution in [2.75, 3.05) is 14.1 Å². The van der Waals surface area contributed by atoms with Crippen LogP contribution in [-0.4, -0.2) is 24.0 Å². The zero-order valence-electron chi connectivity index (χ0n) is 16.7. The fourth-order valence-electron chi connectivity index (χ4n) is 4.23. The van der Waals surface area contributed by atoms with E-state index in [9.17, 15) is 4.79 Å². The van der Waals surface area contributed by atoms with Gasteiger partial charge < -0.3 is 13.7 Å². The zero-order chi connectivity index (χ0) is 19.4. The summed E-state index contributed by atoms with van der Waals surface area (Å²) in [5, 5.41) is 1.97. The smallest absolute Gasteiger partial charge is 0.336 e. The molecule has 0 aliphatic heterocycles. The van der Waals surface area contributed by atoms with Crippen molar-refractivity contribution in [3.05, 3.63) is 63.3 Å². The van der Waals surface area contributed by atoms with Crippen molar-refractivity contribution in [3.63, 3.8) is 0 Å². The quantitative estimate of drug-likeness (QED) is 0.450. The van der Waals surface area contributed by atoms with Crippen molar-refractivity contribution in [1.82, 2.24) is 9.88 Å². The first-order valence-corrected chi connectivity index (χ1v) is 9.62. The number of pyridine rings is 1. The van der Waals surface area contributed by atoms with Gasteiger partial charge >= 0.3 is 5.63 Å². The maximum Gasteiger partial charge on any atom is 0.336 e. The van der Waals surface area contributed by atoms with Gasteiger partial charge in [0.05, 0.1) is 5.69 Å². The number of hydrogen-bond donors (Lipinski definition) is 0. The van der Waals surface area contributed by atoms with Crippen LogP contribution in [0.25, 0.3) is 33.3 Å². The largest absolute Gasteiger partial charge is 0.454 e. The van der Waals surface area contributed by atoms with Crippen LogP contribution in [0.4, 0.5) is 0 Å². The monoisotopic (exact) mass is 410 g/mol. The minimum absolute atomic E-state index is 0. The standard InChI is InChI=1S/C23H22N2O3.ClH/c1-13-23-17(16(11-24-13)12-25(2)3)9-21(28-23)19-10-22(26)27-20-8-15-6-4-5-14(15)7-18(19)20;/h7-11H,4-6,12H2,1-3H3;1H. The third-order valence-corrected chi connectivity index (χ3v) is 5.53. The van der Waals surface area contributed by atoms with E-state index in [2.05, 4.69) is 16.0 Å². The number of nitrogens with zero attached hydrogens (tertiary/aromatic N) is 2. The minimum atomic E-state index is -0.357. The molecule has 0 atom stereocenters. The van der Waals surface area contributed by atoms with Crippen molar-refractivity contribution in [3.8, 4) is 11.3 Å². The number of rotatable bonds is 3. The van der Waals surface area contributed by atoms with Gasteiger partial charge in [0.1, 0.15) is 11.3 Å². The molecule has 0 bridgehead atoms. The summed E-state index contributed by atoms with van der Waals surface area (Å²) in [7, 11) is 4.06. The van der Waals surface area contributed by atoms with Crippen LogP contribution < -0.4 is 5.63 Å². The van der Waals surface area contributed by atoms with Crippen LogP contribution in [0.2, 0.25) is 0 Å². The Bertz CT molecular complexity index is 1290. The molecule has 5 rings (SSSR count). The Morgan fingerprint density at radius 2 is 1.79 bits per heavy atom. The molecule has 0 fully saturated rings. The van der Waals surface area contributed by atoms with E-state index in [-0.39, 0.29) is 18.0 Å². The van der Waals surface area contributed by atoms with Gasteiger partial charge in [-0.1, -0.05) is 0 Å². The number of hydrogen-bond acceptors (Lipinski definition) is 5. The molecule has 5 nitrogen and oxygen atoms in total. The number of aromatic nitrogens is 1. The van der Waals surface area contributed by atoms with Crippen LogP contribution in [0.1, 0.15) is 28.8 Å². The van der Waals surface area contributed by atoms with Gasteiger partial charge in [-0.3, -0.25) is 4.98 Å². The SMILES string of the molecule is Cc1ncc(CN(C)C)c2cc(-c3cc(=O)oc4cc5c(cc34)CCC5)oc12.Cl. The maximum absolute atomic E-state index is 12.2. The highest BCUT2D eigenvalue weighted by Gasteiger charge is 2.19. The first-order valence-electron chi connectivity index (χ1n) is 9.62. The molecule has 4 aromatic rings. The van der Waals surface area contributed by atoms with Gasteiger partial charge in [-0.15, -0.1) is 12.4 Å². The third-order valence-electron chi connectivity index (χ3n) is 5.53. The van der Waals surface area contributed by atoms with Crippen LogP contribution in [0.3, 0.4) is 0 Å². The minimum Gasteiger partial charge on any atom is -0.454 e. The summed E-state index contributed by atoms with van der Waals surface area (Å²) >= 11 is 0. The first-order chi connectivity index (χ1) is 13.5. The molecule has 0 N–H and O–H groups in total. The Labute approximate surface area is 174 Å². The van der Waals surface area contributed by atoms with E-state index in [1.807, 2.05) is 39.3 Å². The Kier molecular flexibility index (Phi) is 4.97. The summed E-state index contributed by atoms with van der Waals surface area (Å²) in [6, 6.07) is 7.75. The highest BCUT2D eigenvalue weighted by atomic mass is 35.5. The summed E-state index contributed by atoms with van der Waals surface area (Å²) in [6.45, 7) is 2.72. The molecule has 1 aliphatic carbocycles. The van der Waals surface area contributed by atoms with E-state index in [1.165, 1.54) is 17.2 Å². The van der Waals surface area contributed by atoms with E-state index >= 15 is 0 Å². The fraction of sp³-hybridized carbons (Fsp3) is 0.304. The summed E-state index contributed by atoms with van der Waals surface area (Å²) in [5.41, 5.74) is 6.40. The second-order valence-electron chi connectivity index (χ2n) is 7.91. The van der Waals surface area contributed by atoms with E-state index in [0.717, 1.165) is 59.0 Å². The van der Waals surface area contributed by atoms with Crippen molar-refractivity contribution < 1.29 is 8.83 Å². The topological polar surface area (TPSA) is 59.5 Å². The van der Waals surface area contributed by atoms with Gasteiger partial charge in [-0.2, -0.15) is 0 Å². The van der Waals surface area contributed by atoms with Gasteiger partial charge in [-0.25, -0.2) is 4.79 Å². The predicted molar refractivity (Wildman–Crippen MR) is 117 cm³/mol. The lowest BCUT2D eigenvalue weighted by Crippen LogP contribution is -2.11. The van der Waals surface area contributed by atoms with Crippen molar-refractivity contribution >= 4 is 34.3 Å². The summed E-state index contributed by atoms with van der Waals surface area (Å²) in [5.74, 6) is 0.682. The van der Waals surface area contributed by atoms with Gasteiger partial charge in [0.25, 0.3) is 0 Å². The first kappa shape index (κ1) is 19.7. The normalized spacial score (nSPS) is 13.2. The van der Waals surface area contributed by atoms with Gasteiger partial charge in [0, 0.05) is 35.1 Å². The van der Waals surface area contributed by atoms with E-state index < -0.39 is 0 Å². The Balaban J connectivity index is 0.00000205. The third kappa shape index (κ3) is 3.34. The van der Waals surface area contributed by atoms with Crippen LogP contribution in [-0.2, 0) is 19.4 Å². The molecule has 0 unspecified atom stereocenters. The van der Waals surface area contributed by atoms with Crippen molar-refractivity contribution in [2.24, 2.45) is 0 Å². The molecule has 0 saturated heterocycles. The van der Waals surface area contributed by atoms with Gasteiger partial charge in [-0.05, 0) is 75.2 Å². The molecule has 1 aromatic carbocycles. The fourth-order valence-corrected chi connectivity index (χ4v) is 4.23. The molecule has 1 aliphatic rings. The second-order valence-corrected chi connectivity index (χ2v) is 7.91. The Morgan fingerprint density at radius 1 is 1.03 bits per heavy atom. The van der Waals surface area contributed by atoms with E-state index in [0.29, 0.717) is 11.3 Å². The van der Waals surface area contributed by atoms with Crippen LogP contribution in [0.15, 0.2) is 44.1 Å². The number of aryl methyl sites for hydroxylation is 3. The van der Waals surface area contributed by atoms with Crippen molar-refractivity contribution in [1.29, 1.82) is 0 Å². The molecule has 0 spiro atoms. The highest BCUT2D eigenvalue weighted by molar-refractivity contribution is 5.96. The lowest BCUT2D eigenvalue weighted by atomic mass is 10.0. The number of halogens is 1. The number of furan rings is 1. The van der Waals surface area contributed by atoms with Gasteiger partial charge in [0.15, 0.2) is 5.58 Å². The molecule has 3 aromatic heterocycles. The van der Waals surface area contributed by atoms with Gasteiger partial charge in [0.2, 0.25) is 0 Å². The predicted octanol–water partition coefficient (Wildman–Crippen LogP) is 4.88. The molecule has 0 radical (unpaired) electrons. The molecule has 6 heteroatoms. The average molecular weight is 411 g/mol. The molecule has 3 heterocycles. The van der Waals surface area contributed by atoms with E-state index in [4.69, 9.17) is 8.83 Å². The average Bonchev–Trinajstić information content (AvgIpc) is 3.28. The molecule has 29 heavy (non-hydrogen) atoms. The Hall–Kier alpha value is -2.63. The molecule has 0 amide bonds. The molecule has 0 saturated carbocycles. The van der Waals surface area contributed by atoms with Crippen LogP contribution in [0.5, 0.6) is 0 Å². The molecule has 150 valence electrons. The zero-order valence-corrected chi connectivity index (χ0v) is 17.6. The molecular formula is C23H23ClN2O3. The lowest BCUT2D eigenvalue weighted by molar-refractivity contribution is 0.403. The van der Waals surface area contributed by atoms with Crippen LogP contribution >= 0.6 is 12.4 Å². The lowest BCUT2D eigenvalue weighted by Gasteiger charge is -2.10. The van der Waals surface area contributed by atoms with E-state index in [1.54, 1.807) is 0 Å². The second kappa shape index (κ2) is 7.32. The van der Waals surface area contributed by atoms with Crippen molar-refractivity contribution in [2.45, 2.75) is 32.7 Å². The number of benzene rings is 1. The molecular weight excluding hydrogens is 388 g/mol. The highest BCUT2D eigenvalue weighted by Crippen LogP contribution is 2.36. The summed E-state index contributed by atoms with van der Waals surface area (Å²) in [6.07, 6.45) is 5.17. The summed E-state index contributed by atoms with van der Waals surface area (Å²) in [4.78, 5) is 18.8. The number of fused-ring (bicyclic) bond motifs is 3.